The third-order valence-electron chi connectivity index (χ3n) is 3.47. The van der Waals surface area contributed by atoms with Gasteiger partial charge in [0.2, 0.25) is 0 Å². The number of rotatable bonds is 4. The van der Waals surface area contributed by atoms with E-state index < -0.39 is 0 Å². The molecular weight excluding hydrogens is 258 g/mol. The second kappa shape index (κ2) is 6.19. The Morgan fingerprint density at radius 2 is 2.47 bits per heavy atom. The van der Waals surface area contributed by atoms with Gasteiger partial charge < -0.3 is 10.2 Å². The minimum atomic E-state index is 0.0254. The second-order valence-corrected chi connectivity index (χ2v) is 6.13. The van der Waals surface area contributed by atoms with Gasteiger partial charge in [-0.05, 0) is 25.7 Å². The number of carbonyl (C=O) groups is 1. The van der Waals surface area contributed by atoms with Gasteiger partial charge in [-0.3, -0.25) is 0 Å². The highest BCUT2D eigenvalue weighted by atomic mass is 32.1. The van der Waals surface area contributed by atoms with Crippen LogP contribution in [0.5, 0.6) is 0 Å². The molecule has 0 spiro atoms. The van der Waals surface area contributed by atoms with E-state index in [1.807, 2.05) is 17.9 Å². The molecule has 2 amide bonds. The van der Waals surface area contributed by atoms with Crippen molar-refractivity contribution in [3.63, 3.8) is 0 Å². The molecule has 1 N–H and O–H groups in total. The Morgan fingerprint density at radius 3 is 3.11 bits per heavy atom. The molecular formula is C14H21N3OS. The van der Waals surface area contributed by atoms with Crippen molar-refractivity contribution in [1.82, 2.24) is 15.2 Å². The van der Waals surface area contributed by atoms with Crippen LogP contribution in [0.15, 0.2) is 12.7 Å². The molecule has 1 fully saturated rings. The first-order chi connectivity index (χ1) is 9.13. The maximum absolute atomic E-state index is 12.1. The molecule has 19 heavy (non-hydrogen) atoms. The Labute approximate surface area is 118 Å². The lowest BCUT2D eigenvalue weighted by Crippen LogP contribution is -2.38. The Balaban J connectivity index is 1.88. The topological polar surface area (TPSA) is 45.2 Å². The Hall–Kier alpha value is -1.36. The van der Waals surface area contributed by atoms with Crippen molar-refractivity contribution in [1.29, 1.82) is 0 Å². The van der Waals surface area contributed by atoms with Crippen molar-refractivity contribution in [3.8, 4) is 0 Å². The van der Waals surface area contributed by atoms with E-state index in [-0.39, 0.29) is 6.03 Å². The summed E-state index contributed by atoms with van der Waals surface area (Å²) in [7, 11) is 0. The number of amides is 2. The van der Waals surface area contributed by atoms with Crippen LogP contribution in [-0.4, -0.2) is 29.0 Å². The molecule has 1 aromatic heterocycles. The van der Waals surface area contributed by atoms with Gasteiger partial charge in [-0.25, -0.2) is 9.78 Å². The van der Waals surface area contributed by atoms with Crippen molar-refractivity contribution in [3.05, 3.63) is 28.2 Å². The number of nitrogens with zero attached hydrogens (tertiary/aromatic N) is 2. The predicted molar refractivity (Wildman–Crippen MR) is 78.3 cm³/mol. The maximum Gasteiger partial charge on any atom is 0.317 e. The van der Waals surface area contributed by atoms with Crippen LogP contribution in [0.1, 0.15) is 28.9 Å². The highest BCUT2D eigenvalue weighted by Crippen LogP contribution is 2.19. The molecule has 4 nitrogen and oxygen atoms in total. The van der Waals surface area contributed by atoms with E-state index in [0.29, 0.717) is 12.5 Å². The van der Waals surface area contributed by atoms with E-state index in [0.717, 1.165) is 36.6 Å². The Morgan fingerprint density at radius 1 is 1.68 bits per heavy atom. The molecule has 2 rings (SSSR count). The van der Waals surface area contributed by atoms with E-state index in [1.54, 1.807) is 11.3 Å². The van der Waals surface area contributed by atoms with Gasteiger partial charge in [-0.1, -0.05) is 13.0 Å². The third kappa shape index (κ3) is 3.35. The fourth-order valence-corrected chi connectivity index (χ4v) is 3.32. The standard InChI is InChI=1S/C14H21N3OS/c1-4-11-6-7-17(9-11)14(18)15-8-13-12(5-2)16-10(3)19-13/h4,11H,1,5-9H2,2-3H3,(H,15,18)/t11-/m1/s1. The number of hydrogen-bond donors (Lipinski definition) is 1. The third-order valence-corrected chi connectivity index (χ3v) is 4.48. The SMILES string of the molecule is C=C[C@@H]1CCN(C(=O)NCc2sc(C)nc2CC)C1. The van der Waals surface area contributed by atoms with Gasteiger partial charge in [0, 0.05) is 18.0 Å². The first kappa shape index (κ1) is 14.1. The number of thiazole rings is 1. The second-order valence-electron chi connectivity index (χ2n) is 4.85. The molecule has 0 radical (unpaired) electrons. The van der Waals surface area contributed by atoms with Crippen molar-refractivity contribution in [2.24, 2.45) is 5.92 Å². The summed E-state index contributed by atoms with van der Waals surface area (Å²) in [4.78, 5) is 19.6. The molecule has 0 bridgehead atoms. The van der Waals surface area contributed by atoms with Crippen molar-refractivity contribution in [2.75, 3.05) is 13.1 Å². The van der Waals surface area contributed by atoms with Crippen LogP contribution in [0, 0.1) is 12.8 Å². The number of urea groups is 1. The average Bonchev–Trinajstić information content (AvgIpc) is 3.01. The molecule has 1 aliphatic heterocycles. The average molecular weight is 279 g/mol. The van der Waals surface area contributed by atoms with Crippen molar-refractivity contribution < 1.29 is 4.79 Å². The molecule has 104 valence electrons. The zero-order chi connectivity index (χ0) is 13.8. The number of likely N-dealkylation sites (tertiary alicyclic amines) is 1. The summed E-state index contributed by atoms with van der Waals surface area (Å²) in [5.41, 5.74) is 1.10. The van der Waals surface area contributed by atoms with Gasteiger partial charge in [0.15, 0.2) is 0 Å². The molecule has 5 heteroatoms. The summed E-state index contributed by atoms with van der Waals surface area (Å²) >= 11 is 1.67. The maximum atomic E-state index is 12.1. The quantitative estimate of drug-likeness (QED) is 0.861. The van der Waals surface area contributed by atoms with Crippen LogP contribution in [0.2, 0.25) is 0 Å². The van der Waals surface area contributed by atoms with Crippen LogP contribution in [0.4, 0.5) is 4.79 Å². The van der Waals surface area contributed by atoms with Crippen LogP contribution < -0.4 is 5.32 Å². The summed E-state index contributed by atoms with van der Waals surface area (Å²) in [6, 6.07) is 0.0254. The molecule has 1 saturated heterocycles. The number of carbonyl (C=O) groups excluding carboxylic acids is 1. The fourth-order valence-electron chi connectivity index (χ4n) is 2.36. The van der Waals surface area contributed by atoms with Crippen molar-refractivity contribution in [2.45, 2.75) is 33.2 Å². The van der Waals surface area contributed by atoms with Gasteiger partial charge in [-0.15, -0.1) is 17.9 Å². The smallest absolute Gasteiger partial charge is 0.317 e. The zero-order valence-corrected chi connectivity index (χ0v) is 12.4. The zero-order valence-electron chi connectivity index (χ0n) is 11.6. The van der Waals surface area contributed by atoms with Crippen LogP contribution in [0.3, 0.4) is 0 Å². The molecule has 0 aliphatic carbocycles. The molecule has 1 aliphatic rings. The lowest BCUT2D eigenvalue weighted by atomic mass is 10.1. The minimum absolute atomic E-state index is 0.0254. The van der Waals surface area contributed by atoms with Gasteiger partial charge in [0.1, 0.15) is 0 Å². The number of hydrogen-bond acceptors (Lipinski definition) is 3. The van der Waals surface area contributed by atoms with Gasteiger partial charge in [0.25, 0.3) is 0 Å². The monoisotopic (exact) mass is 279 g/mol. The van der Waals surface area contributed by atoms with E-state index in [4.69, 9.17) is 0 Å². The van der Waals surface area contributed by atoms with E-state index in [2.05, 4.69) is 23.8 Å². The summed E-state index contributed by atoms with van der Waals surface area (Å²) in [5, 5.41) is 4.06. The number of nitrogens with one attached hydrogen (secondary N) is 1. The van der Waals surface area contributed by atoms with Crippen LogP contribution >= 0.6 is 11.3 Å². The lowest BCUT2D eigenvalue weighted by molar-refractivity contribution is 0.207. The van der Waals surface area contributed by atoms with E-state index >= 15 is 0 Å². The molecule has 1 atom stereocenters. The van der Waals surface area contributed by atoms with Crippen LogP contribution in [0.25, 0.3) is 0 Å². The largest absolute Gasteiger partial charge is 0.333 e. The minimum Gasteiger partial charge on any atom is -0.333 e. The lowest BCUT2D eigenvalue weighted by Gasteiger charge is -2.16. The normalized spacial score (nSPS) is 18.6. The summed E-state index contributed by atoms with van der Waals surface area (Å²) in [6.45, 7) is 10.1. The van der Waals surface area contributed by atoms with Crippen molar-refractivity contribution >= 4 is 17.4 Å². The molecule has 0 aromatic carbocycles. The van der Waals surface area contributed by atoms with E-state index in [1.165, 1.54) is 4.88 Å². The van der Waals surface area contributed by atoms with Gasteiger partial charge in [-0.2, -0.15) is 0 Å². The molecule has 2 heterocycles. The van der Waals surface area contributed by atoms with Gasteiger partial charge in [0.05, 0.1) is 17.2 Å². The summed E-state index contributed by atoms with van der Waals surface area (Å²) in [5.74, 6) is 0.447. The predicted octanol–water partition coefficient (Wildman–Crippen LogP) is 2.73. The molecule has 0 unspecified atom stereocenters. The first-order valence-electron chi connectivity index (χ1n) is 6.74. The van der Waals surface area contributed by atoms with E-state index in [9.17, 15) is 4.79 Å². The Bertz CT molecular complexity index is 469. The highest BCUT2D eigenvalue weighted by Gasteiger charge is 2.24. The fraction of sp³-hybridized carbons (Fsp3) is 0.571. The Kier molecular flexibility index (Phi) is 4.58. The summed E-state index contributed by atoms with van der Waals surface area (Å²) in [6.07, 6.45) is 3.88. The number of aromatic nitrogens is 1. The molecule has 0 saturated carbocycles. The number of aryl methyl sites for hydroxylation is 2. The first-order valence-corrected chi connectivity index (χ1v) is 7.56. The van der Waals surface area contributed by atoms with Gasteiger partial charge >= 0.3 is 6.03 Å². The molecule has 1 aromatic rings. The highest BCUT2D eigenvalue weighted by molar-refractivity contribution is 7.11. The van der Waals surface area contributed by atoms with Crippen LogP contribution in [-0.2, 0) is 13.0 Å². The summed E-state index contributed by atoms with van der Waals surface area (Å²) < 4.78 is 0.